The van der Waals surface area contributed by atoms with Gasteiger partial charge in [-0.3, -0.25) is 9.59 Å². The van der Waals surface area contributed by atoms with Crippen LogP contribution in [0, 0.1) is 0 Å². The summed E-state index contributed by atoms with van der Waals surface area (Å²) in [6, 6.07) is 7.11. The first-order valence-corrected chi connectivity index (χ1v) is 7.32. The van der Waals surface area contributed by atoms with Crippen LogP contribution in [0.15, 0.2) is 24.3 Å². The molecule has 1 aliphatic heterocycles. The number of nitrogens with one attached hydrogen (secondary N) is 2. The molecule has 0 aromatic heterocycles. The van der Waals surface area contributed by atoms with Crippen LogP contribution in [0.1, 0.15) is 36.0 Å². The molecule has 1 atom stereocenters. The van der Waals surface area contributed by atoms with Crippen LogP contribution in [0.2, 0.25) is 5.02 Å². The summed E-state index contributed by atoms with van der Waals surface area (Å²) in [6.45, 7) is 1.67. The van der Waals surface area contributed by atoms with Gasteiger partial charge in [-0.15, -0.1) is 12.4 Å². The predicted molar refractivity (Wildman–Crippen MR) is 86.3 cm³/mol. The molecule has 0 bridgehead atoms. The average molecular weight is 331 g/mol. The van der Waals surface area contributed by atoms with Crippen LogP contribution >= 0.6 is 24.0 Å². The topological polar surface area (TPSA) is 58.2 Å². The van der Waals surface area contributed by atoms with E-state index in [4.69, 9.17) is 11.6 Å². The monoisotopic (exact) mass is 330 g/mol. The normalized spacial score (nSPS) is 17.1. The third-order valence-electron chi connectivity index (χ3n) is 3.45. The fourth-order valence-electron chi connectivity index (χ4n) is 2.26. The Morgan fingerprint density at radius 3 is 2.57 bits per heavy atom. The number of amides is 1. The van der Waals surface area contributed by atoms with E-state index in [1.54, 1.807) is 24.3 Å². The zero-order valence-electron chi connectivity index (χ0n) is 11.7. The lowest BCUT2D eigenvalue weighted by molar-refractivity contribution is -0.121. The molecular formula is C15H20Cl2N2O2. The number of hydrogen-bond donors (Lipinski definition) is 2. The van der Waals surface area contributed by atoms with Crippen molar-refractivity contribution >= 4 is 35.7 Å². The molecular weight excluding hydrogens is 311 g/mol. The summed E-state index contributed by atoms with van der Waals surface area (Å²) in [5, 5.41) is 6.78. The fourth-order valence-corrected chi connectivity index (χ4v) is 2.39. The fraction of sp³-hybridized carbons (Fsp3) is 0.467. The summed E-state index contributed by atoms with van der Waals surface area (Å²) in [5.74, 6) is -0.100. The summed E-state index contributed by atoms with van der Waals surface area (Å²) in [7, 11) is 0. The second kappa shape index (κ2) is 9.03. The molecule has 2 N–H and O–H groups in total. The Bertz CT molecular complexity index is 471. The van der Waals surface area contributed by atoms with Gasteiger partial charge in [0.1, 0.15) is 0 Å². The molecule has 116 valence electrons. The Morgan fingerprint density at radius 1 is 1.24 bits per heavy atom. The van der Waals surface area contributed by atoms with Crippen molar-refractivity contribution < 1.29 is 9.59 Å². The second-order valence-electron chi connectivity index (χ2n) is 5.03. The van der Waals surface area contributed by atoms with Gasteiger partial charge in [0.2, 0.25) is 5.91 Å². The summed E-state index contributed by atoms with van der Waals surface area (Å²) < 4.78 is 0. The van der Waals surface area contributed by atoms with Gasteiger partial charge in [-0.25, -0.2) is 0 Å². The molecule has 1 aromatic rings. The van der Waals surface area contributed by atoms with E-state index in [1.807, 2.05) is 0 Å². The van der Waals surface area contributed by atoms with Crippen molar-refractivity contribution in [2.45, 2.75) is 31.7 Å². The quantitative estimate of drug-likeness (QED) is 0.788. The van der Waals surface area contributed by atoms with Gasteiger partial charge in [-0.2, -0.15) is 0 Å². The Hall–Kier alpha value is -1.10. The maximum absolute atomic E-state index is 11.9. The van der Waals surface area contributed by atoms with Crippen molar-refractivity contribution in [1.29, 1.82) is 0 Å². The first-order chi connectivity index (χ1) is 9.65. The van der Waals surface area contributed by atoms with Crippen LogP contribution in [-0.2, 0) is 4.79 Å². The van der Waals surface area contributed by atoms with Crippen LogP contribution in [0.3, 0.4) is 0 Å². The first-order valence-electron chi connectivity index (χ1n) is 6.94. The highest BCUT2D eigenvalue weighted by Gasteiger charge is 2.15. The molecule has 1 amide bonds. The molecule has 1 aromatic carbocycles. The van der Waals surface area contributed by atoms with Crippen molar-refractivity contribution in [3.63, 3.8) is 0 Å². The van der Waals surface area contributed by atoms with Gasteiger partial charge >= 0.3 is 0 Å². The average Bonchev–Trinajstić information content (AvgIpc) is 2.96. The van der Waals surface area contributed by atoms with E-state index in [2.05, 4.69) is 10.6 Å². The number of carbonyl (C=O) groups excluding carboxylic acids is 2. The molecule has 2 rings (SSSR count). The molecule has 0 aliphatic carbocycles. The van der Waals surface area contributed by atoms with Gasteiger partial charge in [0.25, 0.3) is 0 Å². The molecule has 0 saturated carbocycles. The maximum Gasteiger partial charge on any atom is 0.220 e. The third-order valence-corrected chi connectivity index (χ3v) is 3.71. The van der Waals surface area contributed by atoms with E-state index in [0.29, 0.717) is 23.2 Å². The summed E-state index contributed by atoms with van der Waals surface area (Å²) in [6.07, 6.45) is 2.72. The molecule has 1 saturated heterocycles. The number of carbonyl (C=O) groups is 2. The van der Waals surface area contributed by atoms with Gasteiger partial charge in [0.05, 0.1) is 0 Å². The minimum atomic E-state index is -0.0685. The van der Waals surface area contributed by atoms with Crippen LogP contribution in [0.4, 0.5) is 0 Å². The summed E-state index contributed by atoms with van der Waals surface area (Å²) >= 11 is 5.77. The van der Waals surface area contributed by atoms with Gasteiger partial charge < -0.3 is 10.6 Å². The van der Waals surface area contributed by atoms with E-state index in [1.165, 1.54) is 0 Å². The van der Waals surface area contributed by atoms with E-state index in [-0.39, 0.29) is 36.9 Å². The number of hydrogen-bond acceptors (Lipinski definition) is 3. The lowest BCUT2D eigenvalue weighted by Crippen LogP contribution is -2.37. The maximum atomic E-state index is 11.9. The molecule has 4 nitrogen and oxygen atoms in total. The first kappa shape index (κ1) is 18.0. The molecule has 1 aliphatic rings. The number of ketones is 1. The van der Waals surface area contributed by atoms with E-state index in [9.17, 15) is 9.59 Å². The standard InChI is InChI=1S/C15H19ClN2O2.ClH/c16-12-5-3-11(4-6-12)14(19)7-8-15(20)18-10-13-2-1-9-17-13;/h3-6,13,17H,1-2,7-10H2,(H,18,20);1H. The largest absolute Gasteiger partial charge is 0.355 e. The molecule has 1 fully saturated rings. The van der Waals surface area contributed by atoms with Crippen LogP contribution in [0.5, 0.6) is 0 Å². The molecule has 1 heterocycles. The van der Waals surface area contributed by atoms with Gasteiger partial charge in [-0.05, 0) is 43.7 Å². The van der Waals surface area contributed by atoms with Crippen molar-refractivity contribution in [1.82, 2.24) is 10.6 Å². The minimum absolute atomic E-state index is 0. The van der Waals surface area contributed by atoms with Crippen LogP contribution in [-0.4, -0.2) is 30.8 Å². The van der Waals surface area contributed by atoms with Gasteiger partial charge in [0, 0.05) is 36.0 Å². The summed E-state index contributed by atoms with van der Waals surface area (Å²) in [5.41, 5.74) is 0.597. The number of benzene rings is 1. The van der Waals surface area contributed by atoms with Crippen molar-refractivity contribution in [2.24, 2.45) is 0 Å². The van der Waals surface area contributed by atoms with Crippen molar-refractivity contribution in [3.05, 3.63) is 34.9 Å². The smallest absolute Gasteiger partial charge is 0.220 e. The lowest BCUT2D eigenvalue weighted by Gasteiger charge is -2.11. The lowest BCUT2D eigenvalue weighted by atomic mass is 10.1. The van der Waals surface area contributed by atoms with E-state index in [0.717, 1.165) is 19.4 Å². The minimum Gasteiger partial charge on any atom is -0.355 e. The Balaban J connectivity index is 0.00000220. The Morgan fingerprint density at radius 2 is 1.95 bits per heavy atom. The molecule has 0 spiro atoms. The molecule has 6 heteroatoms. The molecule has 0 radical (unpaired) electrons. The molecule has 1 unspecified atom stereocenters. The highest BCUT2D eigenvalue weighted by Crippen LogP contribution is 2.12. The SMILES string of the molecule is Cl.O=C(CCC(=O)c1ccc(Cl)cc1)NCC1CCCN1. The summed E-state index contributed by atoms with van der Waals surface area (Å²) in [4.78, 5) is 23.6. The highest BCUT2D eigenvalue weighted by atomic mass is 35.5. The van der Waals surface area contributed by atoms with Crippen molar-refractivity contribution in [2.75, 3.05) is 13.1 Å². The van der Waals surface area contributed by atoms with E-state index >= 15 is 0 Å². The van der Waals surface area contributed by atoms with Crippen LogP contribution < -0.4 is 10.6 Å². The number of rotatable bonds is 6. The molecule has 21 heavy (non-hydrogen) atoms. The van der Waals surface area contributed by atoms with Gasteiger partial charge in [0.15, 0.2) is 5.78 Å². The second-order valence-corrected chi connectivity index (χ2v) is 5.46. The number of Topliss-reactive ketones (excluding diaryl/α,β-unsaturated/α-hetero) is 1. The Labute approximate surface area is 136 Å². The van der Waals surface area contributed by atoms with Crippen LogP contribution in [0.25, 0.3) is 0 Å². The number of halogens is 2. The zero-order chi connectivity index (χ0) is 14.4. The van der Waals surface area contributed by atoms with Gasteiger partial charge in [-0.1, -0.05) is 11.6 Å². The highest BCUT2D eigenvalue weighted by molar-refractivity contribution is 6.30. The van der Waals surface area contributed by atoms with Crippen molar-refractivity contribution in [3.8, 4) is 0 Å². The zero-order valence-corrected chi connectivity index (χ0v) is 13.3. The van der Waals surface area contributed by atoms with E-state index < -0.39 is 0 Å². The predicted octanol–water partition coefficient (Wildman–Crippen LogP) is 2.59. The Kier molecular flexibility index (Phi) is 7.72. The third kappa shape index (κ3) is 6.04.